The number of unbranched alkanes of at least 4 members (excludes halogenated alkanes) is 1. The number of nitrogens with zero attached hydrogens (tertiary/aromatic N) is 3. The Morgan fingerprint density at radius 1 is 1.10 bits per heavy atom. The Morgan fingerprint density at radius 3 is 1.50 bits per heavy atom. The van der Waals surface area contributed by atoms with Gasteiger partial charge in [0.15, 0.2) is 0 Å². The minimum absolute atomic E-state index is 0.358. The molecule has 3 nitrogen and oxygen atoms in total. The van der Waals surface area contributed by atoms with Gasteiger partial charge in [-0.15, -0.1) is 0 Å². The van der Waals surface area contributed by atoms with Gasteiger partial charge in [0.2, 0.25) is 0 Å². The number of nitriles is 3. The van der Waals surface area contributed by atoms with Crippen molar-refractivity contribution in [3.63, 3.8) is 0 Å². The van der Waals surface area contributed by atoms with Crippen molar-refractivity contribution in [2.45, 2.75) is 12.8 Å². The molecular formula is C7H7N3. The molecule has 0 atom stereocenters. The van der Waals surface area contributed by atoms with E-state index >= 15 is 0 Å². The zero-order valence-corrected chi connectivity index (χ0v) is 5.54. The first kappa shape index (κ1) is 11.1. The Balaban J connectivity index is 0. The fourth-order valence-electron chi connectivity index (χ4n) is 0.112. The van der Waals surface area contributed by atoms with E-state index in [2.05, 4.69) is 6.58 Å². The summed E-state index contributed by atoms with van der Waals surface area (Å²) in [5, 5.41) is 23.1. The number of allylic oxidation sites excluding steroid dienone is 1. The van der Waals surface area contributed by atoms with Crippen LogP contribution in [0.4, 0.5) is 0 Å². The average Bonchev–Trinajstić information content (AvgIpc) is 2.01. The molecule has 0 saturated heterocycles. The van der Waals surface area contributed by atoms with Crippen LogP contribution in [-0.2, 0) is 0 Å². The molecule has 10 heavy (non-hydrogen) atoms. The van der Waals surface area contributed by atoms with Gasteiger partial charge in [0.1, 0.15) is 0 Å². The van der Waals surface area contributed by atoms with Gasteiger partial charge in [0.05, 0.1) is 18.2 Å². The quantitative estimate of drug-likeness (QED) is 0.402. The lowest BCUT2D eigenvalue weighted by Crippen LogP contribution is -1.58. The summed E-state index contributed by atoms with van der Waals surface area (Å²) in [6.07, 6.45) is 1.90. The fourth-order valence-corrected chi connectivity index (χ4v) is 0.112. The molecule has 0 aromatic heterocycles. The molecule has 0 unspecified atom stereocenters. The zero-order valence-electron chi connectivity index (χ0n) is 5.54. The van der Waals surface area contributed by atoms with E-state index in [9.17, 15) is 0 Å². The van der Waals surface area contributed by atoms with E-state index in [4.69, 9.17) is 15.8 Å². The normalized spacial score (nSPS) is 4.90. The molecule has 0 spiro atoms. The van der Waals surface area contributed by atoms with E-state index in [0.29, 0.717) is 12.8 Å². The van der Waals surface area contributed by atoms with Crippen molar-refractivity contribution >= 4 is 0 Å². The van der Waals surface area contributed by atoms with Gasteiger partial charge in [0.25, 0.3) is 0 Å². The molecule has 0 rings (SSSR count). The monoisotopic (exact) mass is 133 g/mol. The Kier molecular flexibility index (Phi) is 17.4. The summed E-state index contributed by atoms with van der Waals surface area (Å²) < 4.78 is 0. The second kappa shape index (κ2) is 15.7. The van der Waals surface area contributed by atoms with Crippen molar-refractivity contribution in [3.05, 3.63) is 12.7 Å². The minimum Gasteiger partial charge on any atom is -0.198 e. The Morgan fingerprint density at radius 2 is 1.40 bits per heavy atom. The van der Waals surface area contributed by atoms with Gasteiger partial charge in [-0.25, -0.2) is 0 Å². The van der Waals surface area contributed by atoms with Crippen LogP contribution >= 0.6 is 0 Å². The van der Waals surface area contributed by atoms with Gasteiger partial charge in [-0.2, -0.15) is 15.8 Å². The standard InChI is InChI=1S/C4H4N2.C3H3N/c5-3-1-2-4-6;1-2-3-4/h1-2H2;2H,1H2. The van der Waals surface area contributed by atoms with Crippen LogP contribution in [0.2, 0.25) is 0 Å². The first-order valence-electron chi connectivity index (χ1n) is 2.57. The summed E-state index contributed by atoms with van der Waals surface area (Å²) >= 11 is 0. The second-order valence-electron chi connectivity index (χ2n) is 1.15. The average molecular weight is 133 g/mol. The molecule has 0 fully saturated rings. The van der Waals surface area contributed by atoms with E-state index in [1.165, 1.54) is 6.08 Å². The molecule has 0 aliphatic rings. The topological polar surface area (TPSA) is 71.4 Å². The maximum absolute atomic E-state index is 7.80. The summed E-state index contributed by atoms with van der Waals surface area (Å²) in [4.78, 5) is 0. The third kappa shape index (κ3) is 34.5. The SMILES string of the molecule is C=CC#N.N#CCCC#N. The Hall–Kier alpha value is -1.79. The van der Waals surface area contributed by atoms with Crippen LogP contribution in [0.5, 0.6) is 0 Å². The Bertz CT molecular complexity index is 172. The van der Waals surface area contributed by atoms with Crippen molar-refractivity contribution in [2.75, 3.05) is 0 Å². The molecule has 0 aliphatic heterocycles. The van der Waals surface area contributed by atoms with Gasteiger partial charge in [-0.3, -0.25) is 0 Å². The summed E-state index contributed by atoms with van der Waals surface area (Å²) in [5.74, 6) is 0. The maximum atomic E-state index is 7.80. The van der Waals surface area contributed by atoms with Gasteiger partial charge < -0.3 is 0 Å². The molecule has 0 heterocycles. The molecule has 0 N–H and O–H groups in total. The summed E-state index contributed by atoms with van der Waals surface area (Å²) in [5.41, 5.74) is 0. The van der Waals surface area contributed by atoms with Gasteiger partial charge in [-0.05, 0) is 0 Å². The highest BCUT2D eigenvalue weighted by Crippen LogP contribution is 1.78. The predicted octanol–water partition coefficient (Wildman–Crippen LogP) is 1.51. The molecular weight excluding hydrogens is 126 g/mol. The summed E-state index contributed by atoms with van der Waals surface area (Å²) in [7, 11) is 0. The third-order valence-corrected chi connectivity index (χ3v) is 0.440. The highest BCUT2D eigenvalue weighted by atomic mass is 14.2. The lowest BCUT2D eigenvalue weighted by atomic mass is 10.4. The minimum atomic E-state index is 0.358. The van der Waals surface area contributed by atoms with Crippen molar-refractivity contribution < 1.29 is 0 Å². The van der Waals surface area contributed by atoms with Crippen LogP contribution in [0.1, 0.15) is 12.8 Å². The largest absolute Gasteiger partial charge is 0.198 e. The third-order valence-electron chi connectivity index (χ3n) is 0.440. The molecule has 0 bridgehead atoms. The van der Waals surface area contributed by atoms with Gasteiger partial charge in [-0.1, -0.05) is 6.58 Å². The molecule has 0 aromatic carbocycles. The van der Waals surface area contributed by atoms with Crippen LogP contribution < -0.4 is 0 Å². The molecule has 0 amide bonds. The van der Waals surface area contributed by atoms with E-state index in [-0.39, 0.29) is 0 Å². The number of hydrogen-bond donors (Lipinski definition) is 0. The first-order chi connectivity index (χ1) is 4.83. The van der Waals surface area contributed by atoms with Crippen LogP contribution in [0.15, 0.2) is 12.7 Å². The van der Waals surface area contributed by atoms with Crippen LogP contribution in [0.25, 0.3) is 0 Å². The van der Waals surface area contributed by atoms with E-state index in [1.807, 2.05) is 12.1 Å². The zero-order chi connectivity index (χ0) is 8.24. The number of hydrogen-bond acceptors (Lipinski definition) is 3. The van der Waals surface area contributed by atoms with Gasteiger partial charge in [0, 0.05) is 18.9 Å². The van der Waals surface area contributed by atoms with E-state index < -0.39 is 0 Å². The Labute approximate surface area is 60.4 Å². The maximum Gasteiger partial charge on any atom is 0.0905 e. The molecule has 50 valence electrons. The fraction of sp³-hybridized carbons (Fsp3) is 0.286. The van der Waals surface area contributed by atoms with E-state index in [1.54, 1.807) is 6.07 Å². The highest BCUT2D eigenvalue weighted by Gasteiger charge is 1.72. The lowest BCUT2D eigenvalue weighted by Gasteiger charge is -1.63. The highest BCUT2D eigenvalue weighted by molar-refractivity contribution is 4.93. The molecule has 0 saturated carbocycles. The van der Waals surface area contributed by atoms with E-state index in [0.717, 1.165) is 0 Å². The van der Waals surface area contributed by atoms with Crippen molar-refractivity contribution in [3.8, 4) is 18.2 Å². The van der Waals surface area contributed by atoms with Crippen molar-refractivity contribution in [1.29, 1.82) is 15.8 Å². The van der Waals surface area contributed by atoms with Crippen LogP contribution in [0, 0.1) is 34.0 Å². The van der Waals surface area contributed by atoms with Crippen LogP contribution in [0.3, 0.4) is 0 Å². The molecule has 0 radical (unpaired) electrons. The lowest BCUT2D eigenvalue weighted by molar-refractivity contribution is 1.07. The van der Waals surface area contributed by atoms with Crippen LogP contribution in [-0.4, -0.2) is 0 Å². The molecule has 0 aliphatic carbocycles. The smallest absolute Gasteiger partial charge is 0.0905 e. The second-order valence-corrected chi connectivity index (χ2v) is 1.15. The van der Waals surface area contributed by atoms with Crippen molar-refractivity contribution in [2.24, 2.45) is 0 Å². The summed E-state index contributed by atoms with van der Waals surface area (Å²) in [6.45, 7) is 3.12. The van der Waals surface area contributed by atoms with Gasteiger partial charge >= 0.3 is 0 Å². The predicted molar refractivity (Wildman–Crippen MR) is 36.3 cm³/mol. The molecule has 0 aromatic rings. The summed E-state index contributed by atoms with van der Waals surface area (Å²) in [6, 6.07) is 5.39. The van der Waals surface area contributed by atoms with Crippen molar-refractivity contribution in [1.82, 2.24) is 0 Å². The first-order valence-corrected chi connectivity index (χ1v) is 2.57. The molecule has 3 heteroatoms. The number of rotatable bonds is 1.